The average molecular weight is 421 g/mol. The highest BCUT2D eigenvalue weighted by Crippen LogP contribution is 2.50. The molecule has 2 aliphatic carbocycles. The first-order valence-electron chi connectivity index (χ1n) is 11.0. The summed E-state index contributed by atoms with van der Waals surface area (Å²) in [6.45, 7) is 4.09. The van der Waals surface area contributed by atoms with Crippen molar-refractivity contribution >= 4 is 5.78 Å². The molecule has 2 aliphatic rings. The molecular weight excluding hydrogens is 396 g/mol. The lowest BCUT2D eigenvalue weighted by atomic mass is 9.57. The first kappa shape index (κ1) is 20.3. The van der Waals surface area contributed by atoms with Gasteiger partial charge in [0.05, 0.1) is 17.0 Å². The van der Waals surface area contributed by atoms with Gasteiger partial charge in [-0.2, -0.15) is 5.26 Å². The molecule has 5 nitrogen and oxygen atoms in total. The van der Waals surface area contributed by atoms with Crippen molar-refractivity contribution in [3.8, 4) is 17.5 Å². The number of pyridine rings is 1. The third-order valence-electron chi connectivity index (χ3n) is 7.08. The van der Waals surface area contributed by atoms with Gasteiger partial charge in [0, 0.05) is 35.7 Å². The summed E-state index contributed by atoms with van der Waals surface area (Å²) in [5.74, 6) is 0.524. The molecule has 1 aromatic carbocycles. The summed E-state index contributed by atoms with van der Waals surface area (Å²) in [5.41, 5.74) is 4.99. The Balaban J connectivity index is 1.74. The Labute approximate surface area is 187 Å². The molecule has 0 aliphatic heterocycles. The minimum absolute atomic E-state index is 0.0497. The van der Waals surface area contributed by atoms with E-state index in [4.69, 9.17) is 9.97 Å². The van der Waals surface area contributed by atoms with Crippen molar-refractivity contribution in [1.82, 2.24) is 15.0 Å². The molecule has 5 heteroatoms. The van der Waals surface area contributed by atoms with Gasteiger partial charge < -0.3 is 0 Å². The topological polar surface area (TPSA) is 79.5 Å². The van der Waals surface area contributed by atoms with Gasteiger partial charge in [0.2, 0.25) is 0 Å². The van der Waals surface area contributed by atoms with Gasteiger partial charge in [0.25, 0.3) is 0 Å². The quantitative estimate of drug-likeness (QED) is 0.618. The molecule has 0 spiro atoms. The molecule has 0 bridgehead atoms. The number of hydrogen-bond donors (Lipinski definition) is 0. The normalized spacial score (nSPS) is 24.2. The van der Waals surface area contributed by atoms with Crippen LogP contribution in [0, 0.1) is 23.2 Å². The van der Waals surface area contributed by atoms with E-state index in [9.17, 15) is 10.1 Å². The van der Waals surface area contributed by atoms with Crippen LogP contribution >= 0.6 is 0 Å². The van der Waals surface area contributed by atoms with Gasteiger partial charge >= 0.3 is 0 Å². The number of carbonyl (C=O) groups excluding carboxylic acids is 1. The smallest absolute Gasteiger partial charge is 0.176 e. The SMILES string of the molecule is C[C@H]1C(=O)C(C#N)=C[C@@]2(C)c3nc(-c4ccncc4)nc(Cc4ccccc4)c3CC[C@H]12. The molecule has 0 saturated heterocycles. The maximum atomic E-state index is 12.7. The predicted octanol–water partition coefficient (Wildman–Crippen LogP) is 4.62. The minimum Gasteiger partial charge on any atom is -0.293 e. The molecule has 32 heavy (non-hydrogen) atoms. The fourth-order valence-electron chi connectivity index (χ4n) is 5.41. The molecule has 0 saturated carbocycles. The maximum Gasteiger partial charge on any atom is 0.176 e. The minimum atomic E-state index is -0.484. The van der Waals surface area contributed by atoms with E-state index < -0.39 is 5.41 Å². The van der Waals surface area contributed by atoms with Crippen molar-refractivity contribution in [2.24, 2.45) is 11.8 Å². The third kappa shape index (κ3) is 3.23. The number of rotatable bonds is 3. The van der Waals surface area contributed by atoms with Crippen LogP contribution in [0.3, 0.4) is 0 Å². The number of Topliss-reactive ketones (excluding diaryl/α,β-unsaturated/α-hetero) is 1. The molecule has 0 unspecified atom stereocenters. The summed E-state index contributed by atoms with van der Waals surface area (Å²) >= 11 is 0. The lowest BCUT2D eigenvalue weighted by Crippen LogP contribution is -2.46. The lowest BCUT2D eigenvalue weighted by molar-refractivity contribution is -0.121. The second kappa shape index (κ2) is 7.80. The van der Waals surface area contributed by atoms with Gasteiger partial charge in [-0.15, -0.1) is 0 Å². The molecular formula is C27H24N4O. The van der Waals surface area contributed by atoms with Gasteiger partial charge in [0.15, 0.2) is 11.6 Å². The number of nitrogens with zero attached hydrogens (tertiary/aromatic N) is 4. The Bertz CT molecular complexity index is 1260. The molecule has 0 radical (unpaired) electrons. The third-order valence-corrected chi connectivity index (χ3v) is 7.08. The van der Waals surface area contributed by atoms with E-state index in [1.165, 1.54) is 5.56 Å². The summed E-state index contributed by atoms with van der Waals surface area (Å²) in [6.07, 6.45) is 7.79. The molecule has 2 heterocycles. The number of fused-ring (bicyclic) bond motifs is 3. The van der Waals surface area contributed by atoms with Crippen molar-refractivity contribution in [3.05, 3.63) is 89.0 Å². The van der Waals surface area contributed by atoms with Gasteiger partial charge in [0.1, 0.15) is 6.07 Å². The van der Waals surface area contributed by atoms with Crippen molar-refractivity contribution < 1.29 is 4.79 Å². The Morgan fingerprint density at radius 1 is 1.12 bits per heavy atom. The first-order valence-corrected chi connectivity index (χ1v) is 11.0. The first-order chi connectivity index (χ1) is 15.5. The van der Waals surface area contributed by atoms with Crippen LogP contribution < -0.4 is 0 Å². The van der Waals surface area contributed by atoms with Crippen molar-refractivity contribution in [3.63, 3.8) is 0 Å². The van der Waals surface area contributed by atoms with Crippen molar-refractivity contribution in [2.75, 3.05) is 0 Å². The Morgan fingerprint density at radius 3 is 2.59 bits per heavy atom. The Morgan fingerprint density at radius 2 is 1.88 bits per heavy atom. The Kier molecular flexibility index (Phi) is 4.94. The van der Waals surface area contributed by atoms with Crippen LogP contribution in [-0.4, -0.2) is 20.7 Å². The fourth-order valence-corrected chi connectivity index (χ4v) is 5.41. The molecule has 158 valence electrons. The second-order valence-electron chi connectivity index (χ2n) is 8.97. The van der Waals surface area contributed by atoms with Crippen LogP contribution in [-0.2, 0) is 23.1 Å². The van der Waals surface area contributed by atoms with Crippen LogP contribution in [0.1, 0.15) is 42.8 Å². The number of carbonyl (C=O) groups is 1. The van der Waals surface area contributed by atoms with Gasteiger partial charge in [-0.05, 0) is 42.0 Å². The zero-order valence-electron chi connectivity index (χ0n) is 18.2. The van der Waals surface area contributed by atoms with E-state index in [1.54, 1.807) is 12.4 Å². The number of allylic oxidation sites excluding steroid dienone is 2. The predicted molar refractivity (Wildman–Crippen MR) is 122 cm³/mol. The summed E-state index contributed by atoms with van der Waals surface area (Å²) in [5, 5.41) is 9.64. The molecule has 3 aromatic rings. The summed E-state index contributed by atoms with van der Waals surface area (Å²) in [4.78, 5) is 26.9. The highest BCUT2D eigenvalue weighted by atomic mass is 16.1. The number of aromatic nitrogens is 3. The standard InChI is InChI=1S/C27H24N4O/c1-17-22-9-8-21-23(14-18-6-4-3-5-7-18)30-26(19-10-12-29-13-11-19)31-25(21)27(22,2)15-20(16-28)24(17)32/h3-7,10-13,15,17,22H,8-9,14H2,1-2H3/t17-,22-,27-/m1/s1. The number of nitriles is 1. The molecule has 3 atom stereocenters. The summed E-state index contributed by atoms with van der Waals surface area (Å²) in [7, 11) is 0. The number of hydrogen-bond acceptors (Lipinski definition) is 5. The van der Waals surface area contributed by atoms with Gasteiger partial charge in [-0.25, -0.2) is 9.97 Å². The van der Waals surface area contributed by atoms with Crippen molar-refractivity contribution in [2.45, 2.75) is 38.5 Å². The van der Waals surface area contributed by atoms with Crippen LogP contribution in [0.5, 0.6) is 0 Å². The van der Waals surface area contributed by atoms with E-state index in [0.29, 0.717) is 12.2 Å². The van der Waals surface area contributed by atoms with Crippen molar-refractivity contribution in [1.29, 1.82) is 5.26 Å². The summed E-state index contributed by atoms with van der Waals surface area (Å²) < 4.78 is 0. The Hall–Kier alpha value is -3.65. The van der Waals surface area contributed by atoms with E-state index in [2.05, 4.69) is 30.1 Å². The van der Waals surface area contributed by atoms with Gasteiger partial charge in [-0.3, -0.25) is 9.78 Å². The van der Waals surface area contributed by atoms with E-state index in [-0.39, 0.29) is 23.2 Å². The molecule has 5 rings (SSSR count). The summed E-state index contributed by atoms with van der Waals surface area (Å²) in [6, 6.07) is 16.3. The van der Waals surface area contributed by atoms with E-state index in [1.807, 2.05) is 43.3 Å². The van der Waals surface area contributed by atoms with Crippen LogP contribution in [0.15, 0.2) is 66.5 Å². The van der Waals surface area contributed by atoms with E-state index >= 15 is 0 Å². The molecule has 2 aromatic heterocycles. The van der Waals surface area contributed by atoms with Crippen LogP contribution in [0.25, 0.3) is 11.4 Å². The average Bonchev–Trinajstić information content (AvgIpc) is 2.83. The van der Waals surface area contributed by atoms with Crippen LogP contribution in [0.2, 0.25) is 0 Å². The number of benzene rings is 1. The second-order valence-corrected chi connectivity index (χ2v) is 8.97. The molecule has 0 N–H and O–H groups in total. The zero-order chi connectivity index (χ0) is 22.3. The highest BCUT2D eigenvalue weighted by molar-refractivity contribution is 6.02. The molecule has 0 fully saturated rings. The largest absolute Gasteiger partial charge is 0.293 e. The van der Waals surface area contributed by atoms with Gasteiger partial charge in [-0.1, -0.05) is 50.3 Å². The van der Waals surface area contributed by atoms with E-state index in [0.717, 1.165) is 35.4 Å². The number of ketones is 1. The monoisotopic (exact) mass is 420 g/mol. The van der Waals surface area contributed by atoms with Crippen LogP contribution in [0.4, 0.5) is 0 Å². The molecule has 0 amide bonds. The fraction of sp³-hybridized carbons (Fsp3) is 0.296. The zero-order valence-corrected chi connectivity index (χ0v) is 18.2. The highest BCUT2D eigenvalue weighted by Gasteiger charge is 2.49. The maximum absolute atomic E-state index is 12.7. The lowest BCUT2D eigenvalue weighted by Gasteiger charge is -2.45.